The summed E-state index contributed by atoms with van der Waals surface area (Å²) in [4.78, 5) is 0. The zero-order chi connectivity index (χ0) is 12.8. The molecule has 0 aliphatic heterocycles. The average Bonchev–Trinajstić information content (AvgIpc) is 2.25. The molecule has 0 saturated carbocycles. The van der Waals surface area contributed by atoms with E-state index in [9.17, 15) is 0 Å². The van der Waals surface area contributed by atoms with E-state index in [1.807, 2.05) is 25.1 Å². The van der Waals surface area contributed by atoms with Crippen LogP contribution in [0.2, 0.25) is 0 Å². The van der Waals surface area contributed by atoms with Crippen molar-refractivity contribution in [2.45, 2.75) is 18.4 Å². The fourth-order valence-electron chi connectivity index (χ4n) is 1.36. The summed E-state index contributed by atoms with van der Waals surface area (Å²) in [7, 11) is 0. The highest BCUT2D eigenvalue weighted by molar-refractivity contribution is 8.93. The predicted molar refractivity (Wildman–Crippen MR) is 98.2 cm³/mol. The van der Waals surface area contributed by atoms with E-state index in [4.69, 9.17) is 22.3 Å². The van der Waals surface area contributed by atoms with Gasteiger partial charge in [-0.15, -0.1) is 34.0 Å². The largest absolute Gasteiger partial charge is 0.379 e. The molecule has 0 unspecified atom stereocenters. The summed E-state index contributed by atoms with van der Waals surface area (Å²) >= 11 is 2.64. The van der Waals surface area contributed by atoms with Gasteiger partial charge in [-0.2, -0.15) is 0 Å². The quantitative estimate of drug-likeness (QED) is 0.435. The third-order valence-electron chi connectivity index (χ3n) is 2.32. The van der Waals surface area contributed by atoms with Gasteiger partial charge >= 0.3 is 0 Å². The summed E-state index contributed by atoms with van der Waals surface area (Å²) in [5, 5.41) is 14.7. The molecule has 0 saturated heterocycles. The summed E-state index contributed by atoms with van der Waals surface area (Å²) in [5.74, 6) is 1.42. The highest BCUT2D eigenvalue weighted by atomic mass is 79.9. The Bertz CT molecular complexity index is 404. The second-order valence-corrected chi connectivity index (χ2v) is 5.54. The van der Waals surface area contributed by atoms with Gasteiger partial charge in [0, 0.05) is 11.5 Å². The van der Waals surface area contributed by atoms with Crippen LogP contribution >= 0.6 is 57.5 Å². The monoisotopic (exact) mass is 428 g/mol. The lowest BCUT2D eigenvalue weighted by Crippen LogP contribution is -2.06. The molecule has 0 aliphatic carbocycles. The van der Waals surface area contributed by atoms with Crippen molar-refractivity contribution in [2.75, 3.05) is 0 Å². The zero-order valence-corrected chi connectivity index (χ0v) is 15.5. The van der Waals surface area contributed by atoms with Gasteiger partial charge in [-0.25, -0.2) is 0 Å². The van der Waals surface area contributed by atoms with Crippen LogP contribution in [0.1, 0.15) is 16.7 Å². The van der Waals surface area contributed by atoms with Crippen LogP contribution in [0.15, 0.2) is 18.2 Å². The van der Waals surface area contributed by atoms with E-state index >= 15 is 0 Å². The Balaban J connectivity index is 0. The van der Waals surface area contributed by atoms with E-state index in [1.165, 1.54) is 40.2 Å². The van der Waals surface area contributed by atoms with Gasteiger partial charge in [0.15, 0.2) is 10.3 Å². The number of hydrogen-bond acceptors (Lipinski definition) is 4. The molecule has 8 heteroatoms. The lowest BCUT2D eigenvalue weighted by Gasteiger charge is -2.10. The first-order valence-electron chi connectivity index (χ1n) is 5.01. The number of halogens is 2. The minimum atomic E-state index is 0. The highest BCUT2D eigenvalue weighted by Gasteiger charge is 2.05. The molecule has 1 rings (SSSR count). The molecule has 0 amide bonds. The molecule has 0 aromatic heterocycles. The van der Waals surface area contributed by atoms with Crippen LogP contribution in [0.4, 0.5) is 0 Å². The van der Waals surface area contributed by atoms with Crippen LogP contribution in [0.5, 0.6) is 0 Å². The first-order chi connectivity index (χ1) is 8.00. The summed E-state index contributed by atoms with van der Waals surface area (Å²) in [5.41, 5.74) is 14.2. The average molecular weight is 430 g/mol. The molecule has 0 atom stereocenters. The molecule has 0 aliphatic rings. The molecule has 1 aromatic rings. The minimum absolute atomic E-state index is 0. The van der Waals surface area contributed by atoms with Crippen LogP contribution in [-0.4, -0.2) is 10.3 Å². The molecule has 108 valence electrons. The topological polar surface area (TPSA) is 99.7 Å². The normalized spacial score (nSPS) is 9.11. The van der Waals surface area contributed by atoms with E-state index in [0.717, 1.165) is 0 Å². The lowest BCUT2D eigenvalue weighted by molar-refractivity contribution is 1.23. The minimum Gasteiger partial charge on any atom is -0.379 e. The van der Waals surface area contributed by atoms with Crippen LogP contribution in [0, 0.1) is 17.7 Å². The molecule has 0 radical (unpaired) electrons. The molecular weight excluding hydrogens is 412 g/mol. The Kier molecular flexibility index (Phi) is 11.8. The summed E-state index contributed by atoms with van der Waals surface area (Å²) in [6.45, 7) is 2.05. The SMILES string of the molecule is Br.Br.Cc1c(CSC(=N)N)cccc1CSC(=N)N. The molecule has 0 bridgehead atoms. The van der Waals surface area contributed by atoms with Crippen LogP contribution in [0.3, 0.4) is 0 Å². The summed E-state index contributed by atoms with van der Waals surface area (Å²) in [6, 6.07) is 6.06. The van der Waals surface area contributed by atoms with Crippen molar-refractivity contribution in [2.24, 2.45) is 11.5 Å². The maximum absolute atomic E-state index is 7.20. The van der Waals surface area contributed by atoms with Gasteiger partial charge < -0.3 is 11.5 Å². The predicted octanol–water partition coefficient (Wildman–Crippen LogP) is 3.40. The molecule has 0 spiro atoms. The first kappa shape index (κ1) is 21.1. The Morgan fingerprint density at radius 3 is 1.68 bits per heavy atom. The van der Waals surface area contributed by atoms with E-state index in [1.54, 1.807) is 0 Å². The molecule has 1 aromatic carbocycles. The second-order valence-electron chi connectivity index (χ2n) is 3.51. The molecule has 6 N–H and O–H groups in total. The van der Waals surface area contributed by atoms with Crippen molar-refractivity contribution >= 4 is 67.8 Å². The fourth-order valence-corrected chi connectivity index (χ4v) is 2.61. The molecule has 0 fully saturated rings. The van der Waals surface area contributed by atoms with Crippen molar-refractivity contribution in [1.82, 2.24) is 0 Å². The number of amidine groups is 2. The van der Waals surface area contributed by atoms with Gasteiger partial charge in [-0.1, -0.05) is 41.7 Å². The van der Waals surface area contributed by atoms with E-state index in [-0.39, 0.29) is 44.3 Å². The third kappa shape index (κ3) is 7.86. The molecule has 0 heterocycles. The Morgan fingerprint density at radius 1 is 1.00 bits per heavy atom. The van der Waals surface area contributed by atoms with Crippen molar-refractivity contribution in [3.05, 3.63) is 34.9 Å². The molecule has 4 nitrogen and oxygen atoms in total. The number of nitrogens with one attached hydrogen (secondary N) is 2. The van der Waals surface area contributed by atoms with Crippen LogP contribution in [-0.2, 0) is 11.5 Å². The van der Waals surface area contributed by atoms with Gasteiger partial charge in [0.25, 0.3) is 0 Å². The van der Waals surface area contributed by atoms with Crippen LogP contribution < -0.4 is 11.5 Å². The molecule has 19 heavy (non-hydrogen) atoms. The van der Waals surface area contributed by atoms with Gasteiger partial charge in [0.1, 0.15) is 0 Å². The van der Waals surface area contributed by atoms with Crippen molar-refractivity contribution in [3.8, 4) is 0 Å². The van der Waals surface area contributed by atoms with Gasteiger partial charge in [0.05, 0.1) is 0 Å². The second kappa shape index (κ2) is 10.6. The van der Waals surface area contributed by atoms with Gasteiger partial charge in [0.2, 0.25) is 0 Å². The molecular formula is C11H18Br2N4S2. The summed E-state index contributed by atoms with van der Waals surface area (Å²) < 4.78 is 0. The summed E-state index contributed by atoms with van der Waals surface area (Å²) in [6.07, 6.45) is 0. The van der Waals surface area contributed by atoms with E-state index < -0.39 is 0 Å². The van der Waals surface area contributed by atoms with Gasteiger partial charge in [-0.3, -0.25) is 10.8 Å². The number of rotatable bonds is 4. The highest BCUT2D eigenvalue weighted by Crippen LogP contribution is 2.22. The number of thioether (sulfide) groups is 2. The number of benzene rings is 1. The van der Waals surface area contributed by atoms with Crippen molar-refractivity contribution < 1.29 is 0 Å². The van der Waals surface area contributed by atoms with Crippen molar-refractivity contribution in [3.63, 3.8) is 0 Å². The Labute approximate surface area is 143 Å². The van der Waals surface area contributed by atoms with Crippen LogP contribution in [0.25, 0.3) is 0 Å². The lowest BCUT2D eigenvalue weighted by atomic mass is 10.1. The fraction of sp³-hybridized carbons (Fsp3) is 0.273. The maximum Gasteiger partial charge on any atom is 0.151 e. The Morgan fingerprint density at radius 2 is 1.37 bits per heavy atom. The Hall–Kier alpha value is -0.180. The van der Waals surface area contributed by atoms with E-state index in [0.29, 0.717) is 11.5 Å². The third-order valence-corrected chi connectivity index (χ3v) is 3.86. The smallest absolute Gasteiger partial charge is 0.151 e. The van der Waals surface area contributed by atoms with Crippen molar-refractivity contribution in [1.29, 1.82) is 10.8 Å². The first-order valence-corrected chi connectivity index (χ1v) is 6.99. The zero-order valence-electron chi connectivity index (χ0n) is 10.4. The van der Waals surface area contributed by atoms with E-state index in [2.05, 4.69) is 0 Å². The standard InChI is InChI=1S/C11H16N4S2.2BrH/c1-7-8(5-16-10(12)13)3-2-4-9(7)6-17-11(14)15;;/h2-4H,5-6H2,1H3,(H3,12,13)(H3,14,15);2*1H. The van der Waals surface area contributed by atoms with Gasteiger partial charge in [-0.05, 0) is 23.6 Å². The number of hydrogen-bond donors (Lipinski definition) is 4. The number of nitrogens with two attached hydrogens (primary N) is 2. The maximum atomic E-state index is 7.20.